The Kier molecular flexibility index (Phi) is 32.7. The lowest BCUT2D eigenvalue weighted by molar-refractivity contribution is -0.270. The molecule has 34 nitrogen and oxygen atoms in total. The quantitative estimate of drug-likeness (QED) is 0.0225. The summed E-state index contributed by atoms with van der Waals surface area (Å²) in [6.07, 6.45) is -14.2. The lowest BCUT2D eigenvalue weighted by Crippen LogP contribution is -2.64. The van der Waals surface area contributed by atoms with Crippen molar-refractivity contribution in [2.45, 2.75) is 266 Å². The average Bonchev–Trinajstić information content (AvgIpc) is 1.79. The van der Waals surface area contributed by atoms with Gasteiger partial charge in [0.05, 0.1) is 56.7 Å². The fraction of sp³-hybridized carbons (Fsp3) is 0.902. The molecular weight excluding hydrogens is 1330 g/mol. The number of carbonyl (C=O) groups is 6. The maximum Gasteiger partial charge on any atom is 0.406 e. The molecule has 0 radical (unpaired) electrons. The summed E-state index contributed by atoms with van der Waals surface area (Å²) in [6.45, 7) is 12.4. The Morgan fingerprint density at radius 3 is 1.07 bits per heavy atom. The Morgan fingerprint density at radius 1 is 0.474 bits per heavy atom. The number of nitrogens with one attached hydrogen (secondary N) is 3. The summed E-state index contributed by atoms with van der Waals surface area (Å²) in [5.74, 6) is -2.24. The van der Waals surface area contributed by atoms with E-state index in [1.807, 2.05) is 27.7 Å². The Bertz CT molecular complexity index is 2500. The molecule has 6 saturated heterocycles. The van der Waals surface area contributed by atoms with Crippen molar-refractivity contribution in [3.8, 4) is 0 Å². The van der Waals surface area contributed by atoms with Crippen molar-refractivity contribution >= 4 is 51.3 Å². The molecule has 17 unspecified atom stereocenters. The van der Waals surface area contributed by atoms with Crippen LogP contribution in [-0.2, 0) is 80.0 Å². The van der Waals surface area contributed by atoms with Crippen molar-refractivity contribution in [3.63, 3.8) is 0 Å². The third kappa shape index (κ3) is 24.8. The van der Waals surface area contributed by atoms with E-state index in [9.17, 15) is 84.5 Å². The summed E-state index contributed by atoms with van der Waals surface area (Å²) in [7, 11) is -7.40. The maximum atomic E-state index is 14.3. The van der Waals surface area contributed by atoms with Crippen LogP contribution in [0.3, 0.4) is 0 Å². The predicted octanol–water partition coefficient (Wildman–Crippen LogP) is -2.65. The van der Waals surface area contributed by atoms with Crippen LogP contribution < -0.4 is 16.0 Å². The van der Waals surface area contributed by atoms with Crippen LogP contribution >= 0.6 is 15.9 Å². The van der Waals surface area contributed by atoms with Gasteiger partial charge in [-0.1, -0.05) is 6.92 Å². The Morgan fingerprint density at radius 2 is 0.773 bits per heavy atom. The van der Waals surface area contributed by atoms with Crippen LogP contribution in [0, 0.1) is 0 Å². The zero-order valence-electron chi connectivity index (χ0n) is 57.2. The van der Waals surface area contributed by atoms with Gasteiger partial charge in [-0.15, -0.1) is 0 Å². The second kappa shape index (κ2) is 38.4. The van der Waals surface area contributed by atoms with Gasteiger partial charge >= 0.3 is 15.9 Å². The zero-order chi connectivity index (χ0) is 71.7. The standard InChI is InChI=1S/C61H108N6O28P2/c1-10-37-23-41(27-65(37)46(74)17-11-14-20-85-58-49(62-34(2)71)55(80)52(77)43(29-68)90-58)94-96(8,83)89-33-39-25-42(28-67(39)48(76)19-13-16-22-87-60-51(64-36(4)73)57(82)54(79)45(31-70)92-60)95-97(9,84)88-32-38-24-40(93-61(5,6)7)26-66(38)47(75)18-12-15-21-86-59-50(63-35(3)72)56(81)53(78)44(30-69)91-59/h37-45,49-60,68-70,77-84H,10-33H2,1-9H3,(H-2,62,63,64,71,72,73)/p+2/t37-,38+,39+,40-,41-,42-,43?,44?,45?,49?,50?,51?,52?,53?,54?,55?,56?,57?,58?,59?,60?,96?,97?/m1/s1. The van der Waals surface area contributed by atoms with E-state index in [2.05, 4.69) is 16.0 Å². The van der Waals surface area contributed by atoms with Crippen LogP contribution in [0.5, 0.6) is 0 Å². The number of nitrogens with zero attached hydrogens (tertiary/aromatic N) is 3. The molecular formula is C61H110N6O28P2+2. The van der Waals surface area contributed by atoms with Crippen molar-refractivity contribution in [2.75, 3.05) is 85.8 Å². The van der Waals surface area contributed by atoms with E-state index >= 15 is 0 Å². The molecule has 0 aromatic carbocycles. The smallest absolute Gasteiger partial charge is 0.394 e. The minimum absolute atomic E-state index is 0.0147. The van der Waals surface area contributed by atoms with Crippen LogP contribution in [0.2, 0.25) is 0 Å². The maximum absolute atomic E-state index is 14.3. The zero-order valence-corrected chi connectivity index (χ0v) is 59.0. The number of hydrogen-bond donors (Lipinski definition) is 14. The molecule has 6 aliphatic heterocycles. The first-order chi connectivity index (χ1) is 45.7. The summed E-state index contributed by atoms with van der Waals surface area (Å²) < 4.78 is 65.7. The van der Waals surface area contributed by atoms with E-state index in [0.717, 1.165) is 0 Å². The van der Waals surface area contributed by atoms with E-state index < -0.39 is 175 Å². The average molecular weight is 1440 g/mol. The summed E-state index contributed by atoms with van der Waals surface area (Å²) in [5.41, 5.74) is -0.563. The molecule has 6 rings (SSSR count). The van der Waals surface area contributed by atoms with Gasteiger partial charge in [-0.05, 0) is 72.1 Å². The highest BCUT2D eigenvalue weighted by molar-refractivity contribution is 7.60. The van der Waals surface area contributed by atoms with Crippen LogP contribution in [-0.4, -0.2) is 326 Å². The fourth-order valence-electron chi connectivity index (χ4n) is 13.0. The Balaban J connectivity index is 1.05. The van der Waals surface area contributed by atoms with Crippen molar-refractivity contribution in [2.24, 2.45) is 0 Å². The first-order valence-corrected chi connectivity index (χ1v) is 37.7. The molecule has 6 heterocycles. The largest absolute Gasteiger partial charge is 0.406 e. The fourth-order valence-corrected chi connectivity index (χ4v) is 15.5. The van der Waals surface area contributed by atoms with E-state index in [1.165, 1.54) is 39.0 Å². The van der Waals surface area contributed by atoms with Crippen LogP contribution in [0.25, 0.3) is 0 Å². The molecule has 0 aromatic heterocycles. The topological polar surface area (TPSA) is 472 Å². The highest BCUT2D eigenvalue weighted by atomic mass is 31.2. The molecule has 14 N–H and O–H groups in total. The summed E-state index contributed by atoms with van der Waals surface area (Å²) in [6, 6.07) is -4.89. The molecule has 6 fully saturated rings. The van der Waals surface area contributed by atoms with E-state index in [1.54, 1.807) is 9.80 Å². The molecule has 0 saturated carbocycles. The second-order valence-corrected chi connectivity index (χ2v) is 31.2. The van der Waals surface area contributed by atoms with Crippen molar-refractivity contribution < 1.29 is 136 Å². The minimum atomic E-state index is -3.73. The molecule has 0 aliphatic carbocycles. The van der Waals surface area contributed by atoms with Gasteiger partial charge in [-0.25, -0.2) is 0 Å². The first kappa shape index (κ1) is 82.8. The third-order valence-electron chi connectivity index (χ3n) is 17.7. The van der Waals surface area contributed by atoms with Gasteiger partial charge in [0.25, 0.3) is 0 Å². The van der Waals surface area contributed by atoms with E-state index in [-0.39, 0.29) is 121 Å². The first-order valence-electron chi connectivity index (χ1n) is 33.6. The predicted molar refractivity (Wildman–Crippen MR) is 343 cm³/mol. The lowest BCUT2D eigenvalue weighted by atomic mass is 9.97. The molecule has 97 heavy (non-hydrogen) atoms. The number of amides is 6. The van der Waals surface area contributed by atoms with Gasteiger partial charge in [0.15, 0.2) is 18.9 Å². The van der Waals surface area contributed by atoms with Gasteiger partial charge in [-0.2, -0.15) is 27.9 Å². The molecule has 36 heteroatoms. The summed E-state index contributed by atoms with van der Waals surface area (Å²) in [4.78, 5) is 106. The lowest BCUT2D eigenvalue weighted by Gasteiger charge is -2.42. The van der Waals surface area contributed by atoms with Gasteiger partial charge in [0, 0.05) is 85.3 Å². The Hall–Kier alpha value is -3.20. The summed E-state index contributed by atoms with van der Waals surface area (Å²) >= 11 is 0. The molecule has 0 bridgehead atoms. The molecule has 560 valence electrons. The molecule has 6 amide bonds. The van der Waals surface area contributed by atoms with E-state index in [0.29, 0.717) is 44.9 Å². The van der Waals surface area contributed by atoms with E-state index in [4.69, 9.17) is 51.3 Å². The van der Waals surface area contributed by atoms with Crippen LogP contribution in [0.1, 0.15) is 132 Å². The Labute approximate surface area is 567 Å². The van der Waals surface area contributed by atoms with Gasteiger partial charge in [0.1, 0.15) is 112 Å². The minimum Gasteiger partial charge on any atom is -0.394 e. The number of aliphatic hydroxyl groups is 9. The molecule has 0 spiro atoms. The van der Waals surface area contributed by atoms with Crippen LogP contribution in [0.15, 0.2) is 0 Å². The highest BCUT2D eigenvalue weighted by Crippen LogP contribution is 2.57. The van der Waals surface area contributed by atoms with Crippen LogP contribution in [0.4, 0.5) is 0 Å². The van der Waals surface area contributed by atoms with Gasteiger partial charge < -0.3 is 110 Å². The third-order valence-corrected chi connectivity index (χ3v) is 20.4. The number of ether oxygens (including phenoxy) is 7. The van der Waals surface area contributed by atoms with Crippen molar-refractivity contribution in [1.82, 2.24) is 30.7 Å². The van der Waals surface area contributed by atoms with Crippen molar-refractivity contribution in [1.29, 1.82) is 0 Å². The van der Waals surface area contributed by atoms with Gasteiger partial charge in [-0.3, -0.25) is 28.8 Å². The van der Waals surface area contributed by atoms with Crippen molar-refractivity contribution in [3.05, 3.63) is 0 Å². The molecule has 6 aliphatic rings. The highest BCUT2D eigenvalue weighted by Gasteiger charge is 2.52. The number of carbonyl (C=O) groups excluding carboxylic acids is 6. The number of aliphatic hydroxyl groups excluding tert-OH is 9. The number of rotatable bonds is 36. The number of unbranched alkanes of at least 4 members (excludes halogenated alkanes) is 3. The normalized spacial score (nSPS) is 34.5. The van der Waals surface area contributed by atoms with Gasteiger partial charge in [0.2, 0.25) is 35.4 Å². The summed E-state index contributed by atoms with van der Waals surface area (Å²) in [5, 5.41) is 99.8. The SMILES string of the molecule is CC[C@@H]1C[C@@H](O[P+](C)(O)OC[C@@H]2C[C@@H](O[P+](C)(O)OC[C@@H]3C[C@@H](OC(C)(C)C)CN3C(=O)CCCCOC3OC(CO)C(O)C(O)C3NC(C)=O)CN2C(=O)CCCCOC2OC(CO)C(O)C(O)C2NC(C)=O)CN1C(=O)CCCCOC1OC(CO)C(O)C(O)C1NC(C)=O. The monoisotopic (exact) mass is 1440 g/mol. The second-order valence-electron chi connectivity index (χ2n) is 27.0. The number of likely N-dealkylation sites (tertiary alicyclic amines) is 3. The molecule has 0 aromatic rings. The molecule has 23 atom stereocenters. The number of hydrogen-bond acceptors (Lipinski definition) is 28.